The lowest BCUT2D eigenvalue weighted by Gasteiger charge is -2.20. The van der Waals surface area contributed by atoms with Crippen molar-refractivity contribution in [3.8, 4) is 0 Å². The van der Waals surface area contributed by atoms with Gasteiger partial charge in [-0.05, 0) is 40.4 Å². The average molecular weight is 301 g/mol. The number of halogens is 2. The van der Waals surface area contributed by atoms with Gasteiger partial charge in [-0.2, -0.15) is 4.39 Å². The number of nitro benzene ring substituents is 1. The molecule has 0 aliphatic heterocycles. The summed E-state index contributed by atoms with van der Waals surface area (Å²) in [6, 6.07) is 1.96. The highest BCUT2D eigenvalue weighted by atomic mass is 19.1. The van der Waals surface area contributed by atoms with Crippen molar-refractivity contribution in [1.82, 2.24) is 10.2 Å². The Morgan fingerprint density at radius 3 is 2.57 bits per heavy atom. The van der Waals surface area contributed by atoms with Crippen LogP contribution in [0.1, 0.15) is 25.8 Å². The van der Waals surface area contributed by atoms with E-state index in [2.05, 4.69) is 24.1 Å². The number of nitro groups is 1. The van der Waals surface area contributed by atoms with Crippen molar-refractivity contribution < 1.29 is 13.7 Å². The molecule has 0 aliphatic rings. The normalized spacial score (nSPS) is 11.4. The van der Waals surface area contributed by atoms with Crippen molar-refractivity contribution in [1.29, 1.82) is 0 Å². The van der Waals surface area contributed by atoms with Gasteiger partial charge in [0, 0.05) is 30.3 Å². The van der Waals surface area contributed by atoms with Gasteiger partial charge < -0.3 is 10.2 Å². The third kappa shape index (κ3) is 5.35. The Bertz CT molecular complexity index is 495. The number of benzene rings is 1. The lowest BCUT2D eigenvalue weighted by atomic mass is 10.1. The molecule has 0 aromatic heterocycles. The summed E-state index contributed by atoms with van der Waals surface area (Å²) >= 11 is 0. The molecule has 0 spiro atoms. The predicted molar refractivity (Wildman–Crippen MR) is 77.1 cm³/mol. The average Bonchev–Trinajstić information content (AvgIpc) is 2.39. The van der Waals surface area contributed by atoms with Gasteiger partial charge in [0.1, 0.15) is 5.82 Å². The minimum absolute atomic E-state index is 0.0975. The summed E-state index contributed by atoms with van der Waals surface area (Å²) < 4.78 is 26.7. The standard InChI is InChI=1S/C14H21F2N3O2/c1-10(2)18(3)6-4-5-17-9-11-7-14(19(20)21)13(16)8-12(11)15/h7-8,10,17H,4-6,9H2,1-3H3. The van der Waals surface area contributed by atoms with E-state index in [1.54, 1.807) is 0 Å². The second kappa shape index (κ2) is 7.99. The minimum atomic E-state index is -1.15. The maximum Gasteiger partial charge on any atom is 0.305 e. The molecule has 0 bridgehead atoms. The molecule has 0 aliphatic carbocycles. The van der Waals surface area contributed by atoms with Crippen LogP contribution in [0.3, 0.4) is 0 Å². The van der Waals surface area contributed by atoms with E-state index >= 15 is 0 Å². The van der Waals surface area contributed by atoms with Gasteiger partial charge in [0.05, 0.1) is 4.92 Å². The first-order valence-electron chi connectivity index (χ1n) is 6.86. The summed E-state index contributed by atoms with van der Waals surface area (Å²) in [4.78, 5) is 12.0. The van der Waals surface area contributed by atoms with Gasteiger partial charge in [-0.1, -0.05) is 0 Å². The second-order valence-corrected chi connectivity index (χ2v) is 5.26. The number of rotatable bonds is 8. The van der Waals surface area contributed by atoms with Crippen LogP contribution in [-0.2, 0) is 6.54 Å². The Morgan fingerprint density at radius 2 is 2.00 bits per heavy atom. The first kappa shape index (κ1) is 17.5. The van der Waals surface area contributed by atoms with Crippen LogP contribution in [0, 0.1) is 21.7 Å². The molecule has 0 amide bonds. The summed E-state index contributed by atoms with van der Waals surface area (Å²) in [5, 5.41) is 13.6. The molecule has 1 rings (SSSR count). The molecule has 21 heavy (non-hydrogen) atoms. The first-order chi connectivity index (χ1) is 9.82. The zero-order chi connectivity index (χ0) is 16.0. The molecule has 7 heteroatoms. The predicted octanol–water partition coefficient (Wildman–Crippen LogP) is 2.69. The number of nitrogens with one attached hydrogen (secondary N) is 1. The molecule has 0 radical (unpaired) electrons. The lowest BCUT2D eigenvalue weighted by Crippen LogP contribution is -2.29. The van der Waals surface area contributed by atoms with Gasteiger partial charge >= 0.3 is 5.69 Å². The molecule has 0 heterocycles. The van der Waals surface area contributed by atoms with Crippen molar-refractivity contribution in [3.63, 3.8) is 0 Å². The Kier molecular flexibility index (Phi) is 6.64. The topological polar surface area (TPSA) is 58.4 Å². The third-order valence-electron chi connectivity index (χ3n) is 3.37. The highest BCUT2D eigenvalue weighted by Gasteiger charge is 2.18. The fourth-order valence-corrected chi connectivity index (χ4v) is 1.79. The van der Waals surface area contributed by atoms with Crippen LogP contribution < -0.4 is 5.32 Å². The molecule has 1 aromatic rings. The highest BCUT2D eigenvalue weighted by molar-refractivity contribution is 5.37. The van der Waals surface area contributed by atoms with Gasteiger partial charge in [0.2, 0.25) is 5.82 Å². The number of hydrogen-bond donors (Lipinski definition) is 1. The number of hydrogen-bond acceptors (Lipinski definition) is 4. The van der Waals surface area contributed by atoms with Crippen molar-refractivity contribution in [2.45, 2.75) is 32.9 Å². The van der Waals surface area contributed by atoms with Crippen LogP contribution in [0.25, 0.3) is 0 Å². The van der Waals surface area contributed by atoms with Gasteiger partial charge in [-0.3, -0.25) is 10.1 Å². The summed E-state index contributed by atoms with van der Waals surface area (Å²) in [6.07, 6.45) is 0.875. The third-order valence-corrected chi connectivity index (χ3v) is 3.37. The number of nitrogens with zero attached hydrogens (tertiary/aromatic N) is 2. The van der Waals surface area contributed by atoms with E-state index in [9.17, 15) is 18.9 Å². The van der Waals surface area contributed by atoms with Crippen LogP contribution in [0.5, 0.6) is 0 Å². The molecule has 118 valence electrons. The molecule has 1 N–H and O–H groups in total. The zero-order valence-electron chi connectivity index (χ0n) is 12.5. The summed E-state index contributed by atoms with van der Waals surface area (Å²) in [7, 11) is 2.02. The smallest absolute Gasteiger partial charge is 0.305 e. The largest absolute Gasteiger partial charge is 0.313 e. The summed E-state index contributed by atoms with van der Waals surface area (Å²) in [5.41, 5.74) is -0.604. The fourth-order valence-electron chi connectivity index (χ4n) is 1.79. The molecule has 0 fully saturated rings. The van der Waals surface area contributed by atoms with Gasteiger partial charge in [-0.25, -0.2) is 4.39 Å². The van der Waals surface area contributed by atoms with Crippen LogP contribution in [0.2, 0.25) is 0 Å². The van der Waals surface area contributed by atoms with Crippen molar-refractivity contribution in [2.24, 2.45) is 0 Å². The van der Waals surface area contributed by atoms with Crippen LogP contribution in [0.4, 0.5) is 14.5 Å². The molecule has 0 saturated heterocycles. The first-order valence-corrected chi connectivity index (χ1v) is 6.86. The maximum atomic E-state index is 13.5. The molecule has 5 nitrogen and oxygen atoms in total. The molecule has 0 unspecified atom stereocenters. The van der Waals surface area contributed by atoms with Gasteiger partial charge in [0.25, 0.3) is 0 Å². The van der Waals surface area contributed by atoms with Crippen molar-refractivity contribution in [3.05, 3.63) is 39.4 Å². The van der Waals surface area contributed by atoms with Crippen LogP contribution in [-0.4, -0.2) is 36.0 Å². The van der Waals surface area contributed by atoms with Crippen LogP contribution >= 0.6 is 0 Å². The Labute approximate surface area is 123 Å². The molecule has 0 saturated carbocycles. The van der Waals surface area contributed by atoms with E-state index in [1.807, 2.05) is 7.05 Å². The molecular weight excluding hydrogens is 280 g/mol. The van der Waals surface area contributed by atoms with Crippen molar-refractivity contribution in [2.75, 3.05) is 20.1 Å². The van der Waals surface area contributed by atoms with Crippen molar-refractivity contribution >= 4 is 5.69 Å². The Balaban J connectivity index is 2.49. The summed E-state index contributed by atoms with van der Waals surface area (Å²) in [6.45, 7) is 5.89. The van der Waals surface area contributed by atoms with E-state index in [0.717, 1.165) is 19.0 Å². The quantitative estimate of drug-likeness (QED) is 0.455. The van der Waals surface area contributed by atoms with E-state index in [4.69, 9.17) is 0 Å². The molecule has 1 aromatic carbocycles. The molecular formula is C14H21F2N3O2. The van der Waals surface area contributed by atoms with E-state index < -0.39 is 22.2 Å². The minimum Gasteiger partial charge on any atom is -0.313 e. The Hall–Kier alpha value is -1.60. The SMILES string of the molecule is CC(C)N(C)CCCNCc1cc([N+](=O)[O-])c(F)cc1F. The van der Waals surface area contributed by atoms with Gasteiger partial charge in [0.15, 0.2) is 0 Å². The maximum absolute atomic E-state index is 13.5. The van der Waals surface area contributed by atoms with E-state index in [1.165, 1.54) is 0 Å². The molecule has 0 atom stereocenters. The highest BCUT2D eigenvalue weighted by Crippen LogP contribution is 2.21. The zero-order valence-corrected chi connectivity index (χ0v) is 12.5. The van der Waals surface area contributed by atoms with Gasteiger partial charge in [-0.15, -0.1) is 0 Å². The summed E-state index contributed by atoms with van der Waals surface area (Å²) in [5.74, 6) is -1.93. The second-order valence-electron chi connectivity index (χ2n) is 5.26. The van der Waals surface area contributed by atoms with E-state index in [-0.39, 0.29) is 12.1 Å². The fraction of sp³-hybridized carbons (Fsp3) is 0.571. The van der Waals surface area contributed by atoms with Crippen LogP contribution in [0.15, 0.2) is 12.1 Å². The monoisotopic (exact) mass is 301 g/mol. The Morgan fingerprint density at radius 1 is 1.33 bits per heavy atom. The lowest BCUT2D eigenvalue weighted by molar-refractivity contribution is -0.387. The van der Waals surface area contributed by atoms with E-state index in [0.29, 0.717) is 18.7 Å².